The summed E-state index contributed by atoms with van der Waals surface area (Å²) in [6.07, 6.45) is 0. The first-order valence-corrected chi connectivity index (χ1v) is 7.29. The summed E-state index contributed by atoms with van der Waals surface area (Å²) in [6.45, 7) is 4.18. The molecule has 0 fully saturated rings. The second-order valence-electron chi connectivity index (χ2n) is 5.26. The fraction of sp³-hybridized carbons (Fsp3) is 0.222. The third-order valence-electron chi connectivity index (χ3n) is 3.72. The molecular formula is C18H17NO3. The highest BCUT2D eigenvalue weighted by Crippen LogP contribution is 2.20. The van der Waals surface area contributed by atoms with Crippen LogP contribution in [0.1, 0.15) is 12.5 Å². The molecule has 3 aromatic rings. The van der Waals surface area contributed by atoms with Crippen molar-refractivity contribution < 1.29 is 9.53 Å². The van der Waals surface area contributed by atoms with Gasteiger partial charge in [-0.2, -0.15) is 0 Å². The molecule has 0 aliphatic carbocycles. The molecule has 0 radical (unpaired) electrons. The summed E-state index contributed by atoms with van der Waals surface area (Å²) in [6, 6.07) is 13.0. The van der Waals surface area contributed by atoms with E-state index >= 15 is 0 Å². The lowest BCUT2D eigenvalue weighted by molar-refractivity contribution is -0.143. The molecule has 1 heterocycles. The SMILES string of the molecule is CCOC(=O)Cn1c2ccccc2c(=O)c2ccc(C)cc21. The molecule has 0 unspecified atom stereocenters. The molecule has 1 aromatic heterocycles. The van der Waals surface area contributed by atoms with E-state index in [1.54, 1.807) is 13.0 Å². The first kappa shape index (κ1) is 14.3. The third-order valence-corrected chi connectivity index (χ3v) is 3.72. The second kappa shape index (κ2) is 5.64. The molecular weight excluding hydrogens is 278 g/mol. The number of carbonyl (C=O) groups is 1. The number of fused-ring (bicyclic) bond motifs is 2. The van der Waals surface area contributed by atoms with Crippen molar-refractivity contribution in [2.75, 3.05) is 6.61 Å². The maximum absolute atomic E-state index is 12.6. The van der Waals surface area contributed by atoms with Gasteiger partial charge >= 0.3 is 5.97 Å². The summed E-state index contributed by atoms with van der Waals surface area (Å²) in [5, 5.41) is 1.23. The Labute approximate surface area is 127 Å². The van der Waals surface area contributed by atoms with E-state index in [4.69, 9.17) is 4.74 Å². The summed E-state index contributed by atoms with van der Waals surface area (Å²) >= 11 is 0. The molecule has 0 bridgehead atoms. The van der Waals surface area contributed by atoms with Gasteiger partial charge in [-0.3, -0.25) is 9.59 Å². The minimum Gasteiger partial charge on any atom is -0.465 e. The molecule has 22 heavy (non-hydrogen) atoms. The van der Waals surface area contributed by atoms with Crippen molar-refractivity contribution in [2.24, 2.45) is 0 Å². The van der Waals surface area contributed by atoms with Crippen LogP contribution >= 0.6 is 0 Å². The fourth-order valence-electron chi connectivity index (χ4n) is 2.74. The van der Waals surface area contributed by atoms with Crippen LogP contribution in [0.2, 0.25) is 0 Å². The molecule has 3 rings (SSSR count). The molecule has 4 nitrogen and oxygen atoms in total. The molecule has 0 saturated carbocycles. The normalized spacial score (nSPS) is 11.0. The van der Waals surface area contributed by atoms with Crippen molar-refractivity contribution in [3.05, 3.63) is 58.3 Å². The van der Waals surface area contributed by atoms with E-state index in [2.05, 4.69) is 0 Å². The van der Waals surface area contributed by atoms with E-state index in [0.29, 0.717) is 17.4 Å². The predicted molar refractivity (Wildman–Crippen MR) is 87.1 cm³/mol. The van der Waals surface area contributed by atoms with Gasteiger partial charge in [0, 0.05) is 10.8 Å². The number of ether oxygens (including phenoxy) is 1. The lowest BCUT2D eigenvalue weighted by Crippen LogP contribution is -2.18. The number of rotatable bonds is 3. The summed E-state index contributed by atoms with van der Waals surface area (Å²) < 4.78 is 6.92. The molecule has 0 aliphatic rings. The molecule has 0 atom stereocenters. The van der Waals surface area contributed by atoms with E-state index in [0.717, 1.165) is 16.6 Å². The number of aromatic nitrogens is 1. The van der Waals surface area contributed by atoms with Gasteiger partial charge in [-0.15, -0.1) is 0 Å². The number of nitrogens with zero attached hydrogens (tertiary/aromatic N) is 1. The average molecular weight is 295 g/mol. The molecule has 112 valence electrons. The Morgan fingerprint density at radius 3 is 2.59 bits per heavy atom. The summed E-state index contributed by atoms with van der Waals surface area (Å²) in [5.41, 5.74) is 2.54. The molecule has 2 aromatic carbocycles. The van der Waals surface area contributed by atoms with Crippen LogP contribution in [0.3, 0.4) is 0 Å². The molecule has 0 amide bonds. The lowest BCUT2D eigenvalue weighted by atomic mass is 10.1. The highest BCUT2D eigenvalue weighted by Gasteiger charge is 2.13. The van der Waals surface area contributed by atoms with Crippen molar-refractivity contribution in [3.63, 3.8) is 0 Å². The molecule has 4 heteroatoms. The first-order valence-electron chi connectivity index (χ1n) is 7.29. The van der Waals surface area contributed by atoms with Gasteiger partial charge in [-0.05, 0) is 43.7 Å². The zero-order valence-electron chi connectivity index (χ0n) is 12.6. The largest absolute Gasteiger partial charge is 0.465 e. The third kappa shape index (κ3) is 2.37. The van der Waals surface area contributed by atoms with Crippen LogP contribution in [0.5, 0.6) is 0 Å². The van der Waals surface area contributed by atoms with Crippen LogP contribution in [0.15, 0.2) is 47.3 Å². The molecule has 0 N–H and O–H groups in total. The van der Waals surface area contributed by atoms with E-state index in [9.17, 15) is 9.59 Å². The summed E-state index contributed by atoms with van der Waals surface area (Å²) in [4.78, 5) is 24.6. The Kier molecular flexibility index (Phi) is 3.67. The van der Waals surface area contributed by atoms with Crippen molar-refractivity contribution in [1.82, 2.24) is 4.57 Å². The Balaban J connectivity index is 2.38. The van der Waals surface area contributed by atoms with E-state index in [-0.39, 0.29) is 17.9 Å². The Morgan fingerprint density at radius 2 is 1.82 bits per heavy atom. The smallest absolute Gasteiger partial charge is 0.325 e. The van der Waals surface area contributed by atoms with E-state index in [1.807, 2.05) is 47.9 Å². The standard InChI is InChI=1S/C18H17NO3/c1-3-22-17(20)11-19-15-7-5-4-6-13(15)18(21)14-9-8-12(2)10-16(14)19/h4-10H,3,11H2,1-2H3. The first-order chi connectivity index (χ1) is 10.6. The zero-order valence-corrected chi connectivity index (χ0v) is 12.6. The monoisotopic (exact) mass is 295 g/mol. The number of para-hydroxylation sites is 1. The van der Waals surface area contributed by atoms with Crippen molar-refractivity contribution >= 4 is 27.8 Å². The van der Waals surface area contributed by atoms with Crippen molar-refractivity contribution in [2.45, 2.75) is 20.4 Å². The molecule has 0 saturated heterocycles. The lowest BCUT2D eigenvalue weighted by Gasteiger charge is -2.15. The van der Waals surface area contributed by atoms with Crippen molar-refractivity contribution in [3.8, 4) is 0 Å². The van der Waals surface area contributed by atoms with Gasteiger partial charge in [-0.1, -0.05) is 18.2 Å². The number of hydrogen-bond acceptors (Lipinski definition) is 3. The highest BCUT2D eigenvalue weighted by atomic mass is 16.5. The number of hydrogen-bond donors (Lipinski definition) is 0. The summed E-state index contributed by atoms with van der Waals surface area (Å²) in [7, 11) is 0. The van der Waals surface area contributed by atoms with Gasteiger partial charge in [0.25, 0.3) is 0 Å². The maximum Gasteiger partial charge on any atom is 0.325 e. The topological polar surface area (TPSA) is 48.3 Å². The Morgan fingerprint density at radius 1 is 1.09 bits per heavy atom. The van der Waals surface area contributed by atoms with Gasteiger partial charge < -0.3 is 9.30 Å². The Hall–Kier alpha value is -2.62. The molecule has 0 spiro atoms. The average Bonchev–Trinajstić information content (AvgIpc) is 2.51. The number of aryl methyl sites for hydroxylation is 1. The number of benzene rings is 2. The quantitative estimate of drug-likeness (QED) is 0.551. The fourth-order valence-corrected chi connectivity index (χ4v) is 2.74. The summed E-state index contributed by atoms with van der Waals surface area (Å²) in [5.74, 6) is -0.306. The van der Waals surface area contributed by atoms with E-state index < -0.39 is 0 Å². The minimum absolute atomic E-state index is 0.00860. The van der Waals surface area contributed by atoms with Gasteiger partial charge in [0.1, 0.15) is 6.54 Å². The van der Waals surface area contributed by atoms with Crippen molar-refractivity contribution in [1.29, 1.82) is 0 Å². The van der Waals surface area contributed by atoms with Gasteiger partial charge in [0.15, 0.2) is 5.43 Å². The van der Waals surface area contributed by atoms with Gasteiger partial charge in [-0.25, -0.2) is 0 Å². The van der Waals surface area contributed by atoms with Gasteiger partial charge in [0.2, 0.25) is 0 Å². The highest BCUT2D eigenvalue weighted by molar-refractivity contribution is 5.94. The van der Waals surface area contributed by atoms with Crippen LogP contribution in [0.4, 0.5) is 0 Å². The number of carbonyl (C=O) groups excluding carboxylic acids is 1. The number of pyridine rings is 1. The van der Waals surface area contributed by atoms with Crippen LogP contribution in [-0.4, -0.2) is 17.1 Å². The Bertz CT molecular complexity index is 925. The van der Waals surface area contributed by atoms with Crippen LogP contribution in [-0.2, 0) is 16.1 Å². The maximum atomic E-state index is 12.6. The molecule has 0 aliphatic heterocycles. The van der Waals surface area contributed by atoms with Crippen LogP contribution < -0.4 is 5.43 Å². The van der Waals surface area contributed by atoms with Gasteiger partial charge in [0.05, 0.1) is 17.6 Å². The zero-order chi connectivity index (χ0) is 15.7. The van der Waals surface area contributed by atoms with E-state index in [1.165, 1.54) is 0 Å². The minimum atomic E-state index is -0.306. The van der Waals surface area contributed by atoms with Crippen LogP contribution in [0, 0.1) is 6.92 Å². The predicted octanol–water partition coefficient (Wildman–Crippen LogP) is 3.03. The number of esters is 1. The second-order valence-corrected chi connectivity index (χ2v) is 5.26. The van der Waals surface area contributed by atoms with Crippen LogP contribution in [0.25, 0.3) is 21.8 Å².